The summed E-state index contributed by atoms with van der Waals surface area (Å²) in [4.78, 5) is 26.4. The maximum absolute atomic E-state index is 12.4. The van der Waals surface area contributed by atoms with Gasteiger partial charge in [0.15, 0.2) is 0 Å². The van der Waals surface area contributed by atoms with Crippen molar-refractivity contribution in [1.29, 1.82) is 0 Å². The van der Waals surface area contributed by atoms with Crippen LogP contribution in [-0.4, -0.2) is 18.4 Å². The molecule has 24 heavy (non-hydrogen) atoms. The molecule has 0 radical (unpaired) electrons. The molecular weight excluding hydrogens is 304 g/mol. The Labute approximate surface area is 140 Å². The molecule has 1 atom stereocenters. The van der Waals surface area contributed by atoms with Crippen molar-refractivity contribution in [3.05, 3.63) is 53.5 Å². The fourth-order valence-electron chi connectivity index (χ4n) is 3.59. The highest BCUT2D eigenvalue weighted by Crippen LogP contribution is 2.30. The van der Waals surface area contributed by atoms with Crippen LogP contribution in [-0.2, 0) is 29.0 Å². The third-order valence-electron chi connectivity index (χ3n) is 4.94. The van der Waals surface area contributed by atoms with Crippen molar-refractivity contribution in [1.82, 2.24) is 5.32 Å². The maximum atomic E-state index is 12.4. The van der Waals surface area contributed by atoms with Gasteiger partial charge in [-0.25, -0.2) is 0 Å². The van der Waals surface area contributed by atoms with Crippen LogP contribution in [0.2, 0.25) is 0 Å². The van der Waals surface area contributed by atoms with Crippen molar-refractivity contribution in [2.24, 2.45) is 5.92 Å². The Hall–Kier alpha value is -2.56. The Balaban J connectivity index is 1.42. The highest BCUT2D eigenvalue weighted by Gasteiger charge is 2.35. The lowest BCUT2D eigenvalue weighted by atomic mass is 10.1. The van der Waals surface area contributed by atoms with Crippen molar-refractivity contribution in [2.45, 2.75) is 32.2 Å². The van der Waals surface area contributed by atoms with Crippen LogP contribution in [0.5, 0.6) is 0 Å². The van der Waals surface area contributed by atoms with Gasteiger partial charge in [0.1, 0.15) is 0 Å². The van der Waals surface area contributed by atoms with Crippen molar-refractivity contribution in [2.75, 3.05) is 11.4 Å². The number of carbonyl (C=O) groups is 2. The SMILES string of the molecule is O=C(NCc1ccoc1)[C@H]1CC(=O)N(c2ccc3c(c2)CCC3)C1. The first kappa shape index (κ1) is 15.0. The second kappa shape index (κ2) is 6.15. The Morgan fingerprint density at radius 1 is 1.25 bits per heavy atom. The highest BCUT2D eigenvalue weighted by atomic mass is 16.3. The van der Waals surface area contributed by atoms with E-state index in [1.54, 1.807) is 17.4 Å². The fraction of sp³-hybridized carbons (Fsp3) is 0.368. The summed E-state index contributed by atoms with van der Waals surface area (Å²) in [6.45, 7) is 0.883. The zero-order chi connectivity index (χ0) is 16.5. The van der Waals surface area contributed by atoms with E-state index in [2.05, 4.69) is 17.4 Å². The first-order valence-electron chi connectivity index (χ1n) is 8.41. The van der Waals surface area contributed by atoms with E-state index in [4.69, 9.17) is 4.42 Å². The molecule has 0 unspecified atom stereocenters. The van der Waals surface area contributed by atoms with Crippen LogP contribution in [0.25, 0.3) is 0 Å². The van der Waals surface area contributed by atoms with E-state index in [-0.39, 0.29) is 24.2 Å². The van der Waals surface area contributed by atoms with Gasteiger partial charge in [0.25, 0.3) is 0 Å². The molecular formula is C19H20N2O3. The van der Waals surface area contributed by atoms with Gasteiger partial charge in [-0.15, -0.1) is 0 Å². The number of nitrogens with one attached hydrogen (secondary N) is 1. The van der Waals surface area contributed by atoms with Crippen molar-refractivity contribution in [3.63, 3.8) is 0 Å². The first-order valence-corrected chi connectivity index (χ1v) is 8.41. The molecule has 0 spiro atoms. The van der Waals surface area contributed by atoms with Gasteiger partial charge in [-0.2, -0.15) is 0 Å². The fourth-order valence-corrected chi connectivity index (χ4v) is 3.59. The number of amides is 2. The summed E-state index contributed by atoms with van der Waals surface area (Å²) in [5.74, 6) is -0.345. The quantitative estimate of drug-likeness (QED) is 0.939. The first-order chi connectivity index (χ1) is 11.7. The lowest BCUT2D eigenvalue weighted by Gasteiger charge is -2.18. The van der Waals surface area contributed by atoms with Gasteiger partial charge in [-0.3, -0.25) is 9.59 Å². The predicted molar refractivity (Wildman–Crippen MR) is 89.5 cm³/mol. The predicted octanol–water partition coefficient (Wildman–Crippen LogP) is 2.44. The van der Waals surface area contributed by atoms with Gasteiger partial charge in [-0.1, -0.05) is 6.07 Å². The Morgan fingerprint density at radius 3 is 2.96 bits per heavy atom. The van der Waals surface area contributed by atoms with Gasteiger partial charge in [0.2, 0.25) is 11.8 Å². The Morgan fingerprint density at radius 2 is 2.12 bits per heavy atom. The van der Waals surface area contributed by atoms with Crippen molar-refractivity contribution in [3.8, 4) is 0 Å². The molecule has 2 amide bonds. The monoisotopic (exact) mass is 324 g/mol. The Kier molecular flexibility index (Phi) is 3.84. The topological polar surface area (TPSA) is 62.6 Å². The van der Waals surface area contributed by atoms with E-state index in [1.165, 1.54) is 17.5 Å². The molecule has 1 aliphatic carbocycles. The van der Waals surface area contributed by atoms with Crippen LogP contribution in [0.3, 0.4) is 0 Å². The molecule has 2 aromatic rings. The molecule has 2 aliphatic rings. The summed E-state index contributed by atoms with van der Waals surface area (Å²) in [6, 6.07) is 8.06. The summed E-state index contributed by atoms with van der Waals surface area (Å²) < 4.78 is 4.99. The molecule has 1 N–H and O–H groups in total. The molecule has 5 heteroatoms. The van der Waals surface area contributed by atoms with Gasteiger partial charge in [0.05, 0.1) is 18.4 Å². The molecule has 1 aromatic carbocycles. The number of fused-ring (bicyclic) bond motifs is 1. The molecule has 1 aromatic heterocycles. The molecule has 124 valence electrons. The van der Waals surface area contributed by atoms with Crippen molar-refractivity contribution >= 4 is 17.5 Å². The minimum Gasteiger partial charge on any atom is -0.472 e. The smallest absolute Gasteiger partial charge is 0.227 e. The number of hydrogen-bond donors (Lipinski definition) is 1. The molecule has 2 heterocycles. The summed E-state index contributed by atoms with van der Waals surface area (Å²) in [5, 5.41) is 2.88. The van der Waals surface area contributed by atoms with Gasteiger partial charge in [0, 0.05) is 30.8 Å². The van der Waals surface area contributed by atoms with Crippen LogP contribution in [0.15, 0.2) is 41.2 Å². The van der Waals surface area contributed by atoms with Gasteiger partial charge >= 0.3 is 0 Å². The van der Waals surface area contributed by atoms with Crippen LogP contribution < -0.4 is 10.2 Å². The zero-order valence-electron chi connectivity index (χ0n) is 13.5. The van der Waals surface area contributed by atoms with Gasteiger partial charge < -0.3 is 14.6 Å². The molecule has 1 saturated heterocycles. The number of rotatable bonds is 4. The van der Waals surface area contributed by atoms with Crippen LogP contribution >= 0.6 is 0 Å². The molecule has 1 fully saturated rings. The molecule has 0 saturated carbocycles. The lowest BCUT2D eigenvalue weighted by Crippen LogP contribution is -2.32. The van der Waals surface area contributed by atoms with Crippen LogP contribution in [0.1, 0.15) is 29.5 Å². The van der Waals surface area contributed by atoms with Crippen LogP contribution in [0.4, 0.5) is 5.69 Å². The third-order valence-corrected chi connectivity index (χ3v) is 4.94. The Bertz CT molecular complexity index is 767. The number of nitrogens with zero attached hydrogens (tertiary/aromatic N) is 1. The van der Waals surface area contributed by atoms with Crippen LogP contribution in [0, 0.1) is 5.92 Å². The number of aryl methyl sites for hydroxylation is 2. The lowest BCUT2D eigenvalue weighted by molar-refractivity contribution is -0.126. The van der Waals surface area contributed by atoms with E-state index in [0.29, 0.717) is 13.1 Å². The third kappa shape index (κ3) is 2.82. The number of benzene rings is 1. The second-order valence-corrected chi connectivity index (χ2v) is 6.56. The summed E-state index contributed by atoms with van der Waals surface area (Å²) in [5.41, 5.74) is 4.57. The molecule has 0 bridgehead atoms. The summed E-state index contributed by atoms with van der Waals surface area (Å²) >= 11 is 0. The average Bonchev–Trinajstić information content (AvgIpc) is 3.32. The minimum atomic E-state index is -0.294. The zero-order valence-corrected chi connectivity index (χ0v) is 13.5. The van der Waals surface area contributed by atoms with E-state index < -0.39 is 0 Å². The normalized spacial score (nSPS) is 19.6. The van der Waals surface area contributed by atoms with E-state index >= 15 is 0 Å². The number of furan rings is 1. The highest BCUT2D eigenvalue weighted by molar-refractivity contribution is 6.00. The van der Waals surface area contributed by atoms with E-state index in [0.717, 1.165) is 24.1 Å². The maximum Gasteiger partial charge on any atom is 0.227 e. The average molecular weight is 324 g/mol. The standard InChI is InChI=1S/C19H20N2O3/c22-18-9-16(19(23)20-10-13-6-7-24-12-13)11-21(18)17-5-4-14-2-1-3-15(14)8-17/h4-8,12,16H,1-3,9-11H2,(H,20,23)/t16-/m0/s1. The molecule has 1 aliphatic heterocycles. The van der Waals surface area contributed by atoms with Crippen molar-refractivity contribution < 1.29 is 14.0 Å². The van der Waals surface area contributed by atoms with E-state index in [1.807, 2.05) is 12.1 Å². The number of carbonyl (C=O) groups excluding carboxylic acids is 2. The summed E-state index contributed by atoms with van der Waals surface area (Å²) in [7, 11) is 0. The minimum absolute atomic E-state index is 0.0245. The molecule has 5 nitrogen and oxygen atoms in total. The number of hydrogen-bond acceptors (Lipinski definition) is 3. The molecule has 4 rings (SSSR count). The largest absolute Gasteiger partial charge is 0.472 e. The number of anilines is 1. The van der Waals surface area contributed by atoms with Gasteiger partial charge in [-0.05, 0) is 48.6 Å². The second-order valence-electron chi connectivity index (χ2n) is 6.56. The van der Waals surface area contributed by atoms with E-state index in [9.17, 15) is 9.59 Å². The summed E-state index contributed by atoms with van der Waals surface area (Å²) in [6.07, 6.45) is 6.86.